The minimum atomic E-state index is 0. The smallest absolute Gasteiger partial charge is 0.0882 e. The summed E-state index contributed by atoms with van der Waals surface area (Å²) in [4.78, 5) is 0. The van der Waals surface area contributed by atoms with Crippen molar-refractivity contribution in [3.8, 4) is 0 Å². The Morgan fingerprint density at radius 2 is 1.77 bits per heavy atom. The first-order valence-corrected chi connectivity index (χ1v) is 7.81. The van der Waals surface area contributed by atoms with E-state index in [-0.39, 0.29) is 18.5 Å². The lowest BCUT2D eigenvalue weighted by Gasteiger charge is -2.35. The van der Waals surface area contributed by atoms with Crippen molar-refractivity contribution in [2.24, 2.45) is 5.92 Å². The van der Waals surface area contributed by atoms with Crippen LogP contribution < -0.4 is 5.32 Å². The van der Waals surface area contributed by atoms with E-state index in [1.807, 2.05) is 36.4 Å². The normalized spacial score (nSPS) is 15.7. The molecular formula is C17H18Cl3NO. The van der Waals surface area contributed by atoms with E-state index in [1.54, 1.807) is 0 Å². The maximum atomic E-state index is 6.17. The van der Waals surface area contributed by atoms with Gasteiger partial charge in [0.2, 0.25) is 0 Å². The third-order valence-corrected chi connectivity index (χ3v) is 4.52. The van der Waals surface area contributed by atoms with E-state index in [9.17, 15) is 0 Å². The number of ether oxygens (including phenoxy) is 1. The molecule has 0 aromatic heterocycles. The van der Waals surface area contributed by atoms with Crippen LogP contribution in [0.15, 0.2) is 48.5 Å². The fourth-order valence-electron chi connectivity index (χ4n) is 2.48. The molecule has 0 unspecified atom stereocenters. The van der Waals surface area contributed by atoms with Gasteiger partial charge in [0, 0.05) is 19.0 Å². The molecule has 0 bridgehead atoms. The van der Waals surface area contributed by atoms with Gasteiger partial charge in [0.1, 0.15) is 0 Å². The van der Waals surface area contributed by atoms with Gasteiger partial charge in [-0.1, -0.05) is 59.6 Å². The Morgan fingerprint density at radius 3 is 2.36 bits per heavy atom. The lowest BCUT2D eigenvalue weighted by molar-refractivity contribution is -0.0170. The highest BCUT2D eigenvalue weighted by atomic mass is 35.5. The van der Waals surface area contributed by atoms with E-state index < -0.39 is 0 Å². The molecule has 2 aromatic carbocycles. The van der Waals surface area contributed by atoms with Gasteiger partial charge in [-0.3, -0.25) is 0 Å². The molecular weight excluding hydrogens is 341 g/mol. The van der Waals surface area contributed by atoms with E-state index in [0.29, 0.717) is 22.6 Å². The van der Waals surface area contributed by atoms with Crippen LogP contribution in [0.5, 0.6) is 0 Å². The fourth-order valence-corrected chi connectivity index (χ4v) is 2.79. The number of benzene rings is 2. The van der Waals surface area contributed by atoms with Crippen LogP contribution in [0.4, 0.5) is 0 Å². The van der Waals surface area contributed by atoms with Crippen molar-refractivity contribution in [2.75, 3.05) is 13.1 Å². The predicted molar refractivity (Wildman–Crippen MR) is 94.0 cm³/mol. The van der Waals surface area contributed by atoms with Crippen molar-refractivity contribution in [3.05, 3.63) is 69.7 Å². The predicted octanol–water partition coefficient (Wildman–Crippen LogP) is 4.89. The molecule has 2 nitrogen and oxygen atoms in total. The Hall–Kier alpha value is -0.770. The lowest BCUT2D eigenvalue weighted by Crippen LogP contribution is -2.45. The fraction of sp³-hybridized carbons (Fsp3) is 0.294. The summed E-state index contributed by atoms with van der Waals surface area (Å²) in [5, 5.41) is 4.45. The summed E-state index contributed by atoms with van der Waals surface area (Å²) in [5.41, 5.74) is 2.27. The molecule has 1 fully saturated rings. The number of rotatable bonds is 5. The highest BCUT2D eigenvalue weighted by molar-refractivity contribution is 6.42. The van der Waals surface area contributed by atoms with Crippen LogP contribution in [-0.2, 0) is 11.3 Å². The van der Waals surface area contributed by atoms with E-state index in [1.165, 1.54) is 5.56 Å². The van der Waals surface area contributed by atoms with Gasteiger partial charge in [-0.15, -0.1) is 12.4 Å². The van der Waals surface area contributed by atoms with Gasteiger partial charge in [0.05, 0.1) is 22.8 Å². The lowest BCUT2D eigenvalue weighted by atomic mass is 9.91. The van der Waals surface area contributed by atoms with Gasteiger partial charge >= 0.3 is 0 Å². The van der Waals surface area contributed by atoms with E-state index in [4.69, 9.17) is 27.9 Å². The van der Waals surface area contributed by atoms with Crippen LogP contribution in [-0.4, -0.2) is 13.1 Å². The summed E-state index contributed by atoms with van der Waals surface area (Å²) in [6.45, 7) is 2.54. The van der Waals surface area contributed by atoms with Crippen molar-refractivity contribution in [1.82, 2.24) is 5.32 Å². The summed E-state index contributed by atoms with van der Waals surface area (Å²) in [7, 11) is 0. The first-order chi connectivity index (χ1) is 10.2. The Labute approximate surface area is 147 Å². The monoisotopic (exact) mass is 357 g/mol. The minimum Gasteiger partial charge on any atom is -0.368 e. The molecule has 0 radical (unpaired) electrons. The van der Waals surface area contributed by atoms with E-state index >= 15 is 0 Å². The molecule has 1 atom stereocenters. The zero-order valence-corrected chi connectivity index (χ0v) is 14.3. The first-order valence-electron chi connectivity index (χ1n) is 7.05. The maximum absolute atomic E-state index is 6.17. The zero-order chi connectivity index (χ0) is 14.7. The Kier molecular flexibility index (Phi) is 6.54. The van der Waals surface area contributed by atoms with Crippen LogP contribution in [0.2, 0.25) is 10.0 Å². The van der Waals surface area contributed by atoms with Gasteiger partial charge in [-0.2, -0.15) is 0 Å². The summed E-state index contributed by atoms with van der Waals surface area (Å²) in [6, 6.07) is 16.0. The largest absolute Gasteiger partial charge is 0.368 e. The third kappa shape index (κ3) is 4.15. The zero-order valence-electron chi connectivity index (χ0n) is 12.0. The molecule has 1 saturated heterocycles. The molecule has 2 aromatic rings. The average Bonchev–Trinajstić information content (AvgIpc) is 2.45. The van der Waals surface area contributed by atoms with Crippen molar-refractivity contribution >= 4 is 35.6 Å². The summed E-state index contributed by atoms with van der Waals surface area (Å²) in [5.74, 6) is 0.478. The maximum Gasteiger partial charge on any atom is 0.0882 e. The molecule has 1 aliphatic heterocycles. The number of nitrogens with one attached hydrogen (secondary N) is 1. The molecule has 0 amide bonds. The highest BCUT2D eigenvalue weighted by Crippen LogP contribution is 2.33. The Bertz CT molecular complexity index is 602. The quantitative estimate of drug-likeness (QED) is 0.821. The molecule has 118 valence electrons. The second kappa shape index (κ2) is 8.19. The van der Waals surface area contributed by atoms with Crippen molar-refractivity contribution in [3.63, 3.8) is 0 Å². The second-order valence-electron chi connectivity index (χ2n) is 5.31. The van der Waals surface area contributed by atoms with E-state index in [0.717, 1.165) is 18.7 Å². The van der Waals surface area contributed by atoms with Gasteiger partial charge in [0.15, 0.2) is 0 Å². The molecule has 1 aliphatic rings. The first kappa shape index (κ1) is 17.6. The Balaban J connectivity index is 0.00000176. The van der Waals surface area contributed by atoms with Gasteiger partial charge < -0.3 is 10.1 Å². The minimum absolute atomic E-state index is 0. The van der Waals surface area contributed by atoms with Crippen molar-refractivity contribution in [2.45, 2.75) is 12.7 Å². The molecule has 0 saturated carbocycles. The van der Waals surface area contributed by atoms with Crippen LogP contribution in [0.1, 0.15) is 17.2 Å². The number of halogens is 3. The molecule has 22 heavy (non-hydrogen) atoms. The van der Waals surface area contributed by atoms with Crippen LogP contribution in [0.3, 0.4) is 0 Å². The van der Waals surface area contributed by atoms with Crippen LogP contribution in [0.25, 0.3) is 0 Å². The summed E-state index contributed by atoms with van der Waals surface area (Å²) >= 11 is 12.1. The highest BCUT2D eigenvalue weighted by Gasteiger charge is 2.29. The topological polar surface area (TPSA) is 21.3 Å². The molecule has 3 rings (SSSR count). The van der Waals surface area contributed by atoms with Crippen LogP contribution in [0, 0.1) is 5.92 Å². The average molecular weight is 359 g/mol. The standard InChI is InChI=1S/C17H17Cl2NO.ClH/c18-15-7-6-13(8-16(15)19)17(14-9-20-10-14)21-11-12-4-2-1-3-5-12;/h1-8,14,17,20H,9-11H2;1H/t17-;/m1./s1. The molecule has 5 heteroatoms. The third-order valence-electron chi connectivity index (χ3n) is 3.79. The molecule has 1 N–H and O–H groups in total. The van der Waals surface area contributed by atoms with Gasteiger partial charge in [0.25, 0.3) is 0 Å². The summed E-state index contributed by atoms with van der Waals surface area (Å²) < 4.78 is 6.17. The molecule has 0 spiro atoms. The molecule has 0 aliphatic carbocycles. The van der Waals surface area contributed by atoms with E-state index in [2.05, 4.69) is 17.4 Å². The second-order valence-corrected chi connectivity index (χ2v) is 6.12. The van der Waals surface area contributed by atoms with Crippen molar-refractivity contribution < 1.29 is 4.74 Å². The number of hydrogen-bond donors (Lipinski definition) is 1. The van der Waals surface area contributed by atoms with Gasteiger partial charge in [-0.25, -0.2) is 0 Å². The van der Waals surface area contributed by atoms with Crippen LogP contribution >= 0.6 is 35.6 Å². The Morgan fingerprint density at radius 1 is 1.05 bits per heavy atom. The molecule has 1 heterocycles. The summed E-state index contributed by atoms with van der Waals surface area (Å²) in [6.07, 6.45) is 0.0428. The number of hydrogen-bond acceptors (Lipinski definition) is 2. The van der Waals surface area contributed by atoms with Gasteiger partial charge in [-0.05, 0) is 23.3 Å². The van der Waals surface area contributed by atoms with Crippen molar-refractivity contribution in [1.29, 1.82) is 0 Å². The SMILES string of the molecule is Cl.Clc1ccc([C@@H](OCc2ccccc2)C2CNC2)cc1Cl.